The van der Waals surface area contributed by atoms with E-state index in [4.69, 9.17) is 4.52 Å². The van der Waals surface area contributed by atoms with Gasteiger partial charge in [0.1, 0.15) is 11.6 Å². The normalized spacial score (nSPS) is 13.3. The molecule has 0 fully saturated rings. The fraction of sp³-hybridized carbons (Fsp3) is 0.257. The van der Waals surface area contributed by atoms with Gasteiger partial charge in [-0.25, -0.2) is 0 Å². The van der Waals surface area contributed by atoms with Gasteiger partial charge in [-0.2, -0.15) is 0 Å². The fourth-order valence-electron chi connectivity index (χ4n) is 4.78. The van der Waals surface area contributed by atoms with Gasteiger partial charge in [0.2, 0.25) is 7.37 Å². The smallest absolute Gasteiger partial charge is 0.208 e. The lowest BCUT2D eigenvalue weighted by molar-refractivity contribution is -0.122. The molecule has 4 rings (SSSR count). The Morgan fingerprint density at radius 3 is 1.77 bits per heavy atom. The summed E-state index contributed by atoms with van der Waals surface area (Å²) in [4.78, 5) is 26.5. The van der Waals surface area contributed by atoms with Crippen molar-refractivity contribution in [2.45, 2.75) is 45.4 Å². The van der Waals surface area contributed by atoms with E-state index in [2.05, 4.69) is 0 Å². The summed E-state index contributed by atoms with van der Waals surface area (Å²) in [6.07, 6.45) is 1.52. The van der Waals surface area contributed by atoms with Crippen LogP contribution in [0.5, 0.6) is 0 Å². The summed E-state index contributed by atoms with van der Waals surface area (Å²) in [5.74, 6) is -0.486. The van der Waals surface area contributed by atoms with Crippen LogP contribution in [0.4, 0.5) is 0 Å². The summed E-state index contributed by atoms with van der Waals surface area (Å²) in [6.45, 7) is 2.22. The van der Waals surface area contributed by atoms with Gasteiger partial charge in [-0.3, -0.25) is 14.2 Å². The number of ketones is 2. The first-order valence-electron chi connectivity index (χ1n) is 13.8. The van der Waals surface area contributed by atoms with Crippen molar-refractivity contribution in [1.29, 1.82) is 0 Å². The molecule has 0 N–H and O–H groups in total. The van der Waals surface area contributed by atoms with Crippen molar-refractivity contribution in [1.82, 2.24) is 0 Å². The predicted molar refractivity (Wildman–Crippen MR) is 162 cm³/mol. The Hall–Kier alpha value is -3.59. The Bertz CT molecular complexity index is 1400. The van der Waals surface area contributed by atoms with Crippen LogP contribution in [0.15, 0.2) is 115 Å². The lowest BCUT2D eigenvalue weighted by Gasteiger charge is -2.24. The molecule has 40 heavy (non-hydrogen) atoms. The standard InChI is InChI=1S/C35H37O4P/c1-28-17-19-32(20-18-28)26-40(38,39-25-31-15-9-4-10-16-31)27-33(35(37)24-30-13-7-3-8-14-30)21-22-34(36)23-29-11-5-2-6-12-29/h2-20,33H,21-27H2,1H3. The molecule has 0 aliphatic heterocycles. The second-order valence-corrected chi connectivity index (χ2v) is 13.0. The van der Waals surface area contributed by atoms with Crippen molar-refractivity contribution in [3.63, 3.8) is 0 Å². The molecule has 0 heterocycles. The van der Waals surface area contributed by atoms with Crippen molar-refractivity contribution in [2.75, 3.05) is 6.16 Å². The van der Waals surface area contributed by atoms with Gasteiger partial charge in [-0.15, -0.1) is 0 Å². The van der Waals surface area contributed by atoms with Gasteiger partial charge in [0.05, 0.1) is 6.61 Å². The third-order valence-electron chi connectivity index (χ3n) is 7.04. The molecule has 0 spiro atoms. The van der Waals surface area contributed by atoms with Crippen molar-refractivity contribution in [3.05, 3.63) is 143 Å². The van der Waals surface area contributed by atoms with Crippen LogP contribution in [0.25, 0.3) is 0 Å². The van der Waals surface area contributed by atoms with Crippen LogP contribution in [0, 0.1) is 12.8 Å². The van der Waals surface area contributed by atoms with Gasteiger partial charge in [-0.1, -0.05) is 121 Å². The number of benzene rings is 4. The van der Waals surface area contributed by atoms with Crippen LogP contribution in [-0.2, 0) is 44.3 Å². The summed E-state index contributed by atoms with van der Waals surface area (Å²) in [6, 6.07) is 36.8. The maximum atomic E-state index is 14.5. The van der Waals surface area contributed by atoms with Gasteiger partial charge in [0.15, 0.2) is 0 Å². The minimum atomic E-state index is -3.30. The average Bonchev–Trinajstić information content (AvgIpc) is 2.97. The minimum absolute atomic E-state index is 0.00819. The summed E-state index contributed by atoms with van der Waals surface area (Å²) in [5.41, 5.74) is 4.83. The fourth-order valence-corrected chi connectivity index (χ4v) is 7.31. The third-order valence-corrected chi connectivity index (χ3v) is 9.49. The quantitative estimate of drug-likeness (QED) is 0.140. The van der Waals surface area contributed by atoms with E-state index < -0.39 is 13.3 Å². The number of Topliss-reactive ketones (excluding diaryl/α,β-unsaturated/α-hetero) is 2. The molecule has 0 saturated heterocycles. The lowest BCUT2D eigenvalue weighted by Crippen LogP contribution is -2.23. The van der Waals surface area contributed by atoms with Crippen molar-refractivity contribution in [3.8, 4) is 0 Å². The topological polar surface area (TPSA) is 60.4 Å². The molecule has 4 nitrogen and oxygen atoms in total. The van der Waals surface area contributed by atoms with E-state index in [1.165, 1.54) is 0 Å². The van der Waals surface area contributed by atoms with Crippen LogP contribution in [0.3, 0.4) is 0 Å². The van der Waals surface area contributed by atoms with Gasteiger partial charge >= 0.3 is 0 Å². The number of hydrogen-bond donors (Lipinski definition) is 0. The third kappa shape index (κ3) is 9.55. The Balaban J connectivity index is 1.54. The molecule has 4 aromatic rings. The van der Waals surface area contributed by atoms with E-state index >= 15 is 0 Å². The molecule has 0 aromatic heterocycles. The highest BCUT2D eigenvalue weighted by atomic mass is 31.2. The zero-order valence-electron chi connectivity index (χ0n) is 23.1. The van der Waals surface area contributed by atoms with E-state index in [1.807, 2.05) is 122 Å². The van der Waals surface area contributed by atoms with Gasteiger partial charge in [0.25, 0.3) is 0 Å². The summed E-state index contributed by atoms with van der Waals surface area (Å²) < 4.78 is 20.7. The first-order valence-corrected chi connectivity index (χ1v) is 15.8. The Morgan fingerprint density at radius 2 is 1.20 bits per heavy atom. The highest BCUT2D eigenvalue weighted by molar-refractivity contribution is 7.58. The highest BCUT2D eigenvalue weighted by Gasteiger charge is 2.32. The number of hydrogen-bond acceptors (Lipinski definition) is 4. The summed E-state index contributed by atoms with van der Waals surface area (Å²) >= 11 is 0. The maximum Gasteiger partial charge on any atom is 0.208 e. The Labute approximate surface area is 237 Å². The maximum absolute atomic E-state index is 14.5. The van der Waals surface area contributed by atoms with Gasteiger partial charge in [-0.05, 0) is 35.6 Å². The lowest BCUT2D eigenvalue weighted by atomic mass is 9.93. The van der Waals surface area contributed by atoms with Crippen molar-refractivity contribution in [2.24, 2.45) is 5.92 Å². The van der Waals surface area contributed by atoms with Gasteiger partial charge in [0, 0.05) is 37.5 Å². The largest absolute Gasteiger partial charge is 0.323 e. The molecule has 0 amide bonds. The zero-order chi connectivity index (χ0) is 28.2. The molecule has 0 radical (unpaired) electrons. The molecule has 0 saturated carbocycles. The molecule has 0 bridgehead atoms. The zero-order valence-corrected chi connectivity index (χ0v) is 24.0. The molecule has 2 unspecified atom stereocenters. The second kappa shape index (κ2) is 14.7. The Kier molecular flexibility index (Phi) is 10.8. The molecule has 5 heteroatoms. The Morgan fingerprint density at radius 1 is 0.675 bits per heavy atom. The van der Waals surface area contributed by atoms with E-state index in [9.17, 15) is 14.2 Å². The number of carbonyl (C=O) groups excluding carboxylic acids is 2. The number of aryl methyl sites for hydroxylation is 1. The number of carbonyl (C=O) groups is 2. The van der Waals surface area contributed by atoms with Crippen LogP contribution in [-0.4, -0.2) is 17.7 Å². The monoisotopic (exact) mass is 552 g/mol. The summed E-state index contributed by atoms with van der Waals surface area (Å²) in [7, 11) is -3.30. The molecule has 0 aliphatic rings. The van der Waals surface area contributed by atoms with Gasteiger partial charge < -0.3 is 4.52 Å². The molecule has 0 aliphatic carbocycles. The first-order chi connectivity index (χ1) is 19.4. The molecule has 206 valence electrons. The van der Waals surface area contributed by atoms with Crippen LogP contribution in [0.2, 0.25) is 0 Å². The van der Waals surface area contributed by atoms with Crippen LogP contribution < -0.4 is 0 Å². The second-order valence-electron chi connectivity index (χ2n) is 10.5. The summed E-state index contributed by atoms with van der Waals surface area (Å²) in [5, 5.41) is 0. The van der Waals surface area contributed by atoms with E-state index in [0.29, 0.717) is 12.8 Å². The highest BCUT2D eigenvalue weighted by Crippen LogP contribution is 2.53. The van der Waals surface area contributed by atoms with E-state index in [1.54, 1.807) is 0 Å². The molecule has 4 aromatic carbocycles. The van der Waals surface area contributed by atoms with Crippen LogP contribution in [0.1, 0.15) is 40.7 Å². The van der Waals surface area contributed by atoms with Crippen molar-refractivity contribution < 1.29 is 18.7 Å². The van der Waals surface area contributed by atoms with E-state index in [-0.39, 0.29) is 43.3 Å². The van der Waals surface area contributed by atoms with Crippen LogP contribution >= 0.6 is 7.37 Å². The number of rotatable bonds is 15. The molecular formula is C35H37O4P. The molecule has 2 atom stereocenters. The van der Waals surface area contributed by atoms with Crippen molar-refractivity contribution >= 4 is 18.9 Å². The predicted octanol–water partition coefficient (Wildman–Crippen LogP) is 8.01. The first kappa shape index (κ1) is 29.4. The molecular weight excluding hydrogens is 515 g/mol. The average molecular weight is 553 g/mol. The SMILES string of the molecule is Cc1ccc(CP(=O)(CC(CCC(=O)Cc2ccccc2)C(=O)Cc2ccccc2)OCc2ccccc2)cc1. The minimum Gasteiger partial charge on any atom is -0.323 e. The van der Waals surface area contributed by atoms with E-state index in [0.717, 1.165) is 27.8 Å².